The first-order chi connectivity index (χ1) is 49.8. The summed E-state index contributed by atoms with van der Waals surface area (Å²) in [4.78, 5) is 73.4. The van der Waals surface area contributed by atoms with Gasteiger partial charge in [-0.25, -0.2) is 38.4 Å². The van der Waals surface area contributed by atoms with Gasteiger partial charge in [-0.2, -0.15) is 43.8 Å². The number of carbonyl (C=O) groups excluding carboxylic acids is 2. The Hall–Kier alpha value is -9.64. The summed E-state index contributed by atoms with van der Waals surface area (Å²) in [7, 11) is 8.59. The number of hydrogen-bond acceptors (Lipinski definition) is 22. The van der Waals surface area contributed by atoms with Crippen molar-refractivity contribution in [2.24, 2.45) is 26.9 Å². The first-order valence-electron chi connectivity index (χ1n) is 33.1. The van der Waals surface area contributed by atoms with Crippen molar-refractivity contribution < 1.29 is 32.2 Å². The van der Waals surface area contributed by atoms with E-state index in [1.807, 2.05) is 114 Å². The fraction of sp³-hybridized carbons (Fsp3) is 0.362. The average Bonchev–Trinajstić information content (AvgIpc) is 1.60. The molecule has 0 aliphatic carbocycles. The number of ether oxygens (including phenoxy) is 2. The molecule has 0 aliphatic rings. The second kappa shape index (κ2) is 32.8. The Kier molecular flexibility index (Phi) is 24.4. The second-order valence-electron chi connectivity index (χ2n) is 26.8. The van der Waals surface area contributed by atoms with Gasteiger partial charge in [-0.15, -0.1) is 34.0 Å². The van der Waals surface area contributed by atoms with Gasteiger partial charge in [0.05, 0.1) is 87.5 Å². The van der Waals surface area contributed by atoms with Crippen LogP contribution in [0.25, 0.3) is 96.5 Å². The molecule has 0 aliphatic heterocycles. The Morgan fingerprint density at radius 3 is 1.27 bits per heavy atom. The summed E-state index contributed by atoms with van der Waals surface area (Å²) in [6.45, 7) is 18.8. The highest BCUT2D eigenvalue weighted by Crippen LogP contribution is 2.34. The summed E-state index contributed by atoms with van der Waals surface area (Å²) in [5.41, 5.74) is 14.0. The van der Waals surface area contributed by atoms with Crippen molar-refractivity contribution >= 4 is 159 Å². The van der Waals surface area contributed by atoms with Gasteiger partial charge in [-0.05, 0) is 68.1 Å². The van der Waals surface area contributed by atoms with E-state index < -0.39 is 28.6 Å². The number of benzene rings is 3. The van der Waals surface area contributed by atoms with Crippen LogP contribution in [0.5, 0.6) is 0 Å². The summed E-state index contributed by atoms with van der Waals surface area (Å²) in [5.74, 6) is 0. The van der Waals surface area contributed by atoms with Crippen LogP contribution in [0, 0.1) is 0 Å². The van der Waals surface area contributed by atoms with Crippen LogP contribution < -0.4 is 33.0 Å². The van der Waals surface area contributed by atoms with E-state index in [-0.39, 0.29) is 24.1 Å². The molecule has 0 saturated heterocycles. The zero-order valence-corrected chi connectivity index (χ0v) is 63.9. The molecule has 5 N–H and O–H groups in total. The third kappa shape index (κ3) is 16.9. The number of aryl methyl sites for hydroxylation is 3. The smallest absolute Gasteiger partial charge is 0.360 e. The van der Waals surface area contributed by atoms with E-state index in [4.69, 9.17) is 19.3 Å². The van der Waals surface area contributed by atoms with Gasteiger partial charge in [0.1, 0.15) is 40.0 Å². The lowest BCUT2D eigenvalue weighted by molar-refractivity contribution is -0.156. The molecule has 0 bridgehead atoms. The van der Waals surface area contributed by atoms with Crippen molar-refractivity contribution in [2.75, 3.05) is 34.4 Å². The van der Waals surface area contributed by atoms with Gasteiger partial charge < -0.3 is 39.5 Å². The van der Waals surface area contributed by atoms with Crippen molar-refractivity contribution in [2.45, 2.75) is 111 Å². The van der Waals surface area contributed by atoms with Gasteiger partial charge in [0.25, 0.3) is 16.7 Å². The Labute approximate surface area is 613 Å². The standard InChI is InChI=1S/C24H31N7O2SSi.C23H26N6O3SSi.C18H17N7OS.C2HF3O.CH5N.CH4/c1-25-13-20-28-23-22(34-20)18-12-26-30(24(32)21(18)29(23)2)14-16-7-6-8-19-17(16)11-27-31(19)15-33-9-10-35(3,4)5;1-27-20-17(21-22(27)26-19(13-30)33-21)11-24-28(23(20)31)12-15-6-5-7-18-16(15)10-25-29(18)14-32-8-9-34(2,3)4;1-19-8-14-22-17-16(27-14)12-7-21-25(18(26)15(12)24(17)2)9-10-4-3-5-13-11(10)6-20-23-13;3-2(4,5)1-6;1-2;/h6-8,11-12,25H,9-10,13-15H2,1-5H3;5-7,10-11,13H,8-9,12,14H2,1-4H3;3-7,19H,8-9H2,1-2H3,(H,20,23);1H;2H2,1H3;1H4. The summed E-state index contributed by atoms with van der Waals surface area (Å²) in [6.07, 6.45) is 5.71. The number of aromatic amines is 1. The molecule has 105 heavy (non-hydrogen) atoms. The van der Waals surface area contributed by atoms with Gasteiger partial charge in [-0.1, -0.05) is 83.1 Å². The lowest BCUT2D eigenvalue weighted by Crippen LogP contribution is -2.24. The Morgan fingerprint density at radius 2 is 0.886 bits per heavy atom. The molecular formula is C69H84F3N21O7S3Si2. The third-order valence-electron chi connectivity index (χ3n) is 17.1. The topological polar surface area (TPSA) is 325 Å². The highest BCUT2D eigenvalue weighted by Gasteiger charge is 2.26. The predicted octanol–water partition coefficient (Wildman–Crippen LogP) is 10.6. The maximum absolute atomic E-state index is 13.4. The van der Waals surface area contributed by atoms with Crippen molar-refractivity contribution in [1.29, 1.82) is 0 Å². The Morgan fingerprint density at radius 1 is 0.524 bits per heavy atom. The molecule has 12 aromatic heterocycles. The number of thiazole rings is 3. The number of nitrogens with two attached hydrogens (primary N) is 1. The van der Waals surface area contributed by atoms with Gasteiger partial charge in [-0.3, -0.25) is 29.1 Å². The van der Waals surface area contributed by atoms with Crippen LogP contribution in [-0.2, 0) is 81.6 Å². The van der Waals surface area contributed by atoms with Crippen molar-refractivity contribution in [3.63, 3.8) is 0 Å². The minimum absolute atomic E-state index is 0. The molecule has 554 valence electrons. The number of nitrogens with zero attached hydrogens (tertiary/aromatic N) is 17. The predicted molar refractivity (Wildman–Crippen MR) is 415 cm³/mol. The molecule has 0 unspecified atom stereocenters. The monoisotopic (exact) mass is 1530 g/mol. The number of nitrogens with one attached hydrogen (secondary N) is 3. The molecule has 0 spiro atoms. The van der Waals surface area contributed by atoms with Gasteiger partial charge in [0.2, 0.25) is 6.29 Å². The molecule has 0 atom stereocenters. The molecule has 3 aromatic carbocycles. The van der Waals surface area contributed by atoms with E-state index in [1.165, 1.54) is 32.4 Å². The minimum Gasteiger partial charge on any atom is -0.360 e. The number of halogens is 3. The van der Waals surface area contributed by atoms with Crippen LogP contribution >= 0.6 is 34.0 Å². The number of aromatic nitrogens is 18. The van der Waals surface area contributed by atoms with Crippen molar-refractivity contribution in [1.82, 2.24) is 98.4 Å². The highest BCUT2D eigenvalue weighted by atomic mass is 32.1. The van der Waals surface area contributed by atoms with Crippen LogP contribution in [0.1, 0.15) is 43.9 Å². The lowest BCUT2D eigenvalue weighted by atomic mass is 10.1. The number of alkyl halides is 3. The van der Waals surface area contributed by atoms with Crippen LogP contribution in [0.3, 0.4) is 0 Å². The molecule has 0 amide bonds. The minimum atomic E-state index is -4.64. The van der Waals surface area contributed by atoms with Gasteiger partial charge in [0, 0.05) is 95.9 Å². The zero-order valence-electron chi connectivity index (χ0n) is 59.5. The van der Waals surface area contributed by atoms with Gasteiger partial charge in [0.15, 0.2) is 28.2 Å². The van der Waals surface area contributed by atoms with E-state index in [0.717, 1.165) is 127 Å². The quantitative estimate of drug-likeness (QED) is 0.0295. The van der Waals surface area contributed by atoms with Crippen molar-refractivity contribution in [3.8, 4) is 0 Å². The van der Waals surface area contributed by atoms with Crippen LogP contribution in [-0.4, -0.2) is 157 Å². The van der Waals surface area contributed by atoms with Crippen LogP contribution in [0.15, 0.2) is 106 Å². The van der Waals surface area contributed by atoms with Crippen LogP contribution in [0.4, 0.5) is 13.2 Å². The fourth-order valence-electron chi connectivity index (χ4n) is 11.8. The van der Waals surface area contributed by atoms with Crippen LogP contribution in [0.2, 0.25) is 51.4 Å². The highest BCUT2D eigenvalue weighted by molar-refractivity contribution is 7.21. The molecule has 36 heteroatoms. The Balaban J connectivity index is 0.000000161. The second-order valence-corrected chi connectivity index (χ2v) is 41.2. The molecule has 0 radical (unpaired) electrons. The number of carbonyl (C=O) groups is 2. The number of H-pyrrole nitrogens is 1. The van der Waals surface area contributed by atoms with E-state index in [1.54, 1.807) is 59.1 Å². The van der Waals surface area contributed by atoms with E-state index in [2.05, 4.69) is 101 Å². The maximum Gasteiger partial charge on any atom is 0.446 e. The molecular weight excluding hydrogens is 1440 g/mol. The SMILES string of the molecule is C.CN.CNCc1nc2c(s1)c1cnn(Cc3cccc4[nH]ncc34)c(=O)c1n2C.CNCc1nc2c(s1)c1cnn(Cc3cccc4c3cnn4COCC[Si](C)(C)C)c(=O)c1n2C.Cn1c2nc(C=O)sc2c2cnn(Cc3cccc4c3cnn4COCC[Si](C)(C)C)c(=O)c21.O=CC(F)(F)F. The zero-order chi connectivity index (χ0) is 74.5. The number of rotatable bonds is 21. The third-order valence-corrected chi connectivity index (χ3v) is 23.6. The summed E-state index contributed by atoms with van der Waals surface area (Å²) < 4.78 is 59.6. The fourth-order valence-corrected chi connectivity index (χ4v) is 16.5. The number of aldehydes is 2. The van der Waals surface area contributed by atoms with E-state index in [9.17, 15) is 32.3 Å². The first-order valence-corrected chi connectivity index (χ1v) is 42.9. The molecule has 15 aromatic rings. The first kappa shape index (κ1) is 78.0. The average molecular weight is 1530 g/mol. The van der Waals surface area contributed by atoms with E-state index >= 15 is 0 Å². The van der Waals surface area contributed by atoms with Crippen molar-refractivity contribution in [3.05, 3.63) is 155 Å². The summed E-state index contributed by atoms with van der Waals surface area (Å²) in [5, 5.41) is 43.5. The molecule has 0 fully saturated rings. The number of fused-ring (bicyclic) bond motifs is 12. The summed E-state index contributed by atoms with van der Waals surface area (Å²) >= 11 is 4.47. The maximum atomic E-state index is 13.4. The molecule has 28 nitrogen and oxygen atoms in total. The molecule has 15 rings (SSSR count). The van der Waals surface area contributed by atoms with Gasteiger partial charge >= 0.3 is 6.18 Å². The lowest BCUT2D eigenvalue weighted by Gasteiger charge is -2.15. The normalized spacial score (nSPS) is 11.9. The number of hydrogen-bond donors (Lipinski definition) is 4. The molecule has 0 saturated carbocycles. The Bertz CT molecular complexity index is 5800. The largest absolute Gasteiger partial charge is 0.446 e. The molecule has 12 heterocycles. The van der Waals surface area contributed by atoms with E-state index in [0.29, 0.717) is 78.8 Å². The summed E-state index contributed by atoms with van der Waals surface area (Å²) in [6, 6.07) is 20.1.